The summed E-state index contributed by atoms with van der Waals surface area (Å²) in [6.07, 6.45) is 5.74. The summed E-state index contributed by atoms with van der Waals surface area (Å²) in [4.78, 5) is 57.0. The normalized spacial score (nSPS) is 17.7. The summed E-state index contributed by atoms with van der Waals surface area (Å²) in [5, 5.41) is 11.2. The first-order valence-corrected chi connectivity index (χ1v) is 15.3. The summed E-state index contributed by atoms with van der Waals surface area (Å²) < 4.78 is 18.9. The van der Waals surface area contributed by atoms with Gasteiger partial charge in [-0.05, 0) is 59.9 Å². The minimum atomic E-state index is -0.457. The van der Waals surface area contributed by atoms with Gasteiger partial charge in [0.2, 0.25) is 5.91 Å². The predicted molar refractivity (Wildman–Crippen MR) is 166 cm³/mol. The van der Waals surface area contributed by atoms with Crippen molar-refractivity contribution < 1.29 is 38.5 Å². The van der Waals surface area contributed by atoms with Gasteiger partial charge < -0.3 is 29.1 Å². The molecule has 4 aliphatic rings. The Hall–Kier alpha value is -5.66. The number of cyclic esters (lactones) is 1. The Balaban J connectivity index is 0.00000124. The molecule has 6 bridgehead atoms. The minimum absolute atomic E-state index is 0.0252. The van der Waals surface area contributed by atoms with Crippen molar-refractivity contribution in [3.05, 3.63) is 89.4 Å². The third-order valence-electron chi connectivity index (χ3n) is 8.28. The van der Waals surface area contributed by atoms with Gasteiger partial charge in [0.1, 0.15) is 36.8 Å². The number of carbonyl (C=O) groups excluding carboxylic acids is 3. The monoisotopic (exact) mass is 642 g/mol. The second-order valence-electron chi connectivity index (χ2n) is 11.1. The van der Waals surface area contributed by atoms with Crippen LogP contribution in [0.1, 0.15) is 39.5 Å². The number of carbonyl (C=O) groups is 4. The van der Waals surface area contributed by atoms with E-state index < -0.39 is 6.09 Å². The van der Waals surface area contributed by atoms with E-state index in [4.69, 9.17) is 24.1 Å². The Morgan fingerprint density at radius 1 is 0.957 bits per heavy atom. The topological polar surface area (TPSA) is 156 Å². The molecular weight excluding hydrogens is 608 g/mol. The van der Waals surface area contributed by atoms with Gasteiger partial charge in [-0.3, -0.25) is 19.3 Å². The van der Waals surface area contributed by atoms with E-state index in [1.807, 2.05) is 47.4 Å². The Bertz CT molecular complexity index is 1780. The fourth-order valence-electron chi connectivity index (χ4n) is 6.10. The number of fused-ring (bicyclic) bond motifs is 9. The molecule has 0 radical (unpaired) electrons. The first-order valence-electron chi connectivity index (χ1n) is 15.3. The van der Waals surface area contributed by atoms with E-state index in [1.165, 1.54) is 4.90 Å². The molecule has 1 fully saturated rings. The van der Waals surface area contributed by atoms with Crippen molar-refractivity contribution in [2.24, 2.45) is 0 Å². The van der Waals surface area contributed by atoms with E-state index in [9.17, 15) is 14.4 Å². The maximum absolute atomic E-state index is 13.6. The van der Waals surface area contributed by atoms with Crippen LogP contribution in [0.3, 0.4) is 0 Å². The Labute approximate surface area is 270 Å². The molecule has 47 heavy (non-hydrogen) atoms. The average Bonchev–Trinajstić information content (AvgIpc) is 3.70. The predicted octanol–water partition coefficient (Wildman–Crippen LogP) is 2.66. The van der Waals surface area contributed by atoms with Gasteiger partial charge in [0.05, 0.1) is 31.9 Å². The largest absolute Gasteiger partial charge is 0.494 e. The Morgan fingerprint density at radius 2 is 1.77 bits per heavy atom. The highest BCUT2D eigenvalue weighted by atomic mass is 16.6. The number of ether oxygens (including phenoxy) is 3. The van der Waals surface area contributed by atoms with E-state index in [0.717, 1.165) is 16.7 Å². The van der Waals surface area contributed by atoms with Crippen molar-refractivity contribution in [2.45, 2.75) is 18.9 Å². The number of rotatable bonds is 3. The highest BCUT2D eigenvalue weighted by Crippen LogP contribution is 2.38. The first-order chi connectivity index (χ1) is 23.0. The quantitative estimate of drug-likeness (QED) is 0.330. The molecule has 1 unspecified atom stereocenters. The van der Waals surface area contributed by atoms with Gasteiger partial charge in [-0.1, -0.05) is 18.2 Å². The summed E-state index contributed by atoms with van der Waals surface area (Å²) in [5.41, 5.74) is 3.95. The molecule has 0 aliphatic carbocycles. The van der Waals surface area contributed by atoms with Crippen LogP contribution in [0.4, 0.5) is 4.79 Å². The summed E-state index contributed by atoms with van der Waals surface area (Å²) in [6.45, 7) is 2.45. The molecule has 3 amide bonds. The third-order valence-corrected chi connectivity index (χ3v) is 8.28. The number of aromatic nitrogens is 3. The van der Waals surface area contributed by atoms with Crippen molar-refractivity contribution in [3.63, 3.8) is 0 Å². The summed E-state index contributed by atoms with van der Waals surface area (Å²) in [6, 6.07) is 15.1. The molecule has 2 aromatic heterocycles. The lowest BCUT2D eigenvalue weighted by Gasteiger charge is -2.38. The van der Waals surface area contributed by atoms with Crippen LogP contribution in [0, 0.1) is 0 Å². The van der Waals surface area contributed by atoms with E-state index in [1.54, 1.807) is 34.1 Å². The van der Waals surface area contributed by atoms with Gasteiger partial charge >= 0.3 is 6.09 Å². The van der Waals surface area contributed by atoms with Crippen LogP contribution >= 0.6 is 0 Å². The molecule has 14 nitrogen and oxygen atoms in total. The number of carboxylic acid groups (broad SMARTS) is 1. The van der Waals surface area contributed by atoms with Crippen LogP contribution in [0.2, 0.25) is 0 Å². The molecule has 1 N–H and O–H groups in total. The molecule has 14 heteroatoms. The summed E-state index contributed by atoms with van der Waals surface area (Å²) >= 11 is 0. The van der Waals surface area contributed by atoms with Gasteiger partial charge in [-0.2, -0.15) is 5.10 Å². The molecule has 0 spiro atoms. The zero-order chi connectivity index (χ0) is 32.8. The maximum atomic E-state index is 13.6. The second-order valence-corrected chi connectivity index (χ2v) is 11.1. The van der Waals surface area contributed by atoms with E-state index in [2.05, 4.69) is 10.1 Å². The molecule has 244 valence electrons. The lowest BCUT2D eigenvalue weighted by Crippen LogP contribution is -2.45. The van der Waals surface area contributed by atoms with Crippen LogP contribution in [-0.2, 0) is 20.7 Å². The SMILES string of the molecule is O=C1OCCN1CC(=O)N1CCc2cc3ccc2C1c1cccc(c1)OCCCN(C(=O)c1cnn2cccnc12)CCO3.O=CO. The second kappa shape index (κ2) is 14.2. The Morgan fingerprint density at radius 3 is 2.60 bits per heavy atom. The van der Waals surface area contributed by atoms with Gasteiger partial charge in [-0.15, -0.1) is 0 Å². The van der Waals surface area contributed by atoms with Crippen LogP contribution in [0.25, 0.3) is 5.65 Å². The summed E-state index contributed by atoms with van der Waals surface area (Å²) in [7, 11) is 0. The van der Waals surface area contributed by atoms with Crippen LogP contribution in [0.15, 0.2) is 67.1 Å². The number of hydrogen-bond acceptors (Lipinski definition) is 9. The average molecular weight is 643 g/mol. The molecule has 8 rings (SSSR count). The number of nitrogens with zero attached hydrogens (tertiary/aromatic N) is 6. The van der Waals surface area contributed by atoms with E-state index in [-0.39, 0.29) is 30.9 Å². The summed E-state index contributed by atoms with van der Waals surface area (Å²) in [5.74, 6) is 1.09. The zero-order valence-electron chi connectivity index (χ0n) is 25.6. The van der Waals surface area contributed by atoms with Crippen molar-refractivity contribution in [1.82, 2.24) is 29.3 Å². The molecule has 4 aliphatic heterocycles. The molecule has 1 saturated heterocycles. The fraction of sp³-hybridized carbons (Fsp3) is 0.333. The van der Waals surface area contributed by atoms with E-state index in [0.29, 0.717) is 81.6 Å². The lowest BCUT2D eigenvalue weighted by atomic mass is 9.87. The van der Waals surface area contributed by atoms with Gasteiger partial charge in [0.15, 0.2) is 5.65 Å². The molecule has 0 saturated carbocycles. The smallest absolute Gasteiger partial charge is 0.410 e. The third kappa shape index (κ3) is 6.81. The van der Waals surface area contributed by atoms with Crippen LogP contribution in [0.5, 0.6) is 11.5 Å². The van der Waals surface area contributed by atoms with Crippen molar-refractivity contribution in [2.75, 3.05) is 52.5 Å². The lowest BCUT2D eigenvalue weighted by molar-refractivity contribution is -0.133. The highest BCUT2D eigenvalue weighted by molar-refractivity contribution is 5.99. The molecular formula is C33H34N6O8. The van der Waals surface area contributed by atoms with Gasteiger partial charge in [0, 0.05) is 25.5 Å². The standard InChI is InChI=1S/C32H32N6O6.CH2O2/c39-28(21-36-14-17-44-32(36)41)37-12-8-22-18-25-6-7-26(22)29(37)23-4-1-5-24(19-23)42-15-3-10-35(13-16-43-25)31(40)27-20-34-38-11-2-9-33-30(27)38;2-1-3/h1-2,4-7,9,11,18-20,29H,3,8,10,12-17,21H2;1H,(H,2,3). The first kappa shape index (κ1) is 31.3. The van der Waals surface area contributed by atoms with Crippen molar-refractivity contribution in [1.29, 1.82) is 0 Å². The van der Waals surface area contributed by atoms with Crippen LogP contribution < -0.4 is 9.47 Å². The minimum Gasteiger partial charge on any atom is -0.494 e. The molecule has 1 atom stereocenters. The van der Waals surface area contributed by atoms with Gasteiger partial charge in [-0.25, -0.2) is 14.3 Å². The zero-order valence-corrected chi connectivity index (χ0v) is 25.6. The fourth-order valence-corrected chi connectivity index (χ4v) is 6.10. The number of amides is 3. The number of hydrogen-bond donors (Lipinski definition) is 1. The van der Waals surface area contributed by atoms with Crippen molar-refractivity contribution in [3.8, 4) is 11.5 Å². The van der Waals surface area contributed by atoms with Crippen molar-refractivity contribution >= 4 is 30.0 Å². The molecule has 4 aromatic rings. The maximum Gasteiger partial charge on any atom is 0.410 e. The van der Waals surface area contributed by atoms with E-state index >= 15 is 0 Å². The molecule has 2 aromatic carbocycles. The van der Waals surface area contributed by atoms with Gasteiger partial charge in [0.25, 0.3) is 12.4 Å². The highest BCUT2D eigenvalue weighted by Gasteiger charge is 2.35. The molecule has 6 heterocycles. The van der Waals surface area contributed by atoms with Crippen LogP contribution in [-0.4, -0.2) is 111 Å². The number of benzene rings is 2. The Kier molecular flexibility index (Phi) is 9.46.